The highest BCUT2D eigenvalue weighted by Gasteiger charge is 2.07. The molecule has 0 aliphatic heterocycles. The number of rotatable bonds is 2. The van der Waals surface area contributed by atoms with Gasteiger partial charge >= 0.3 is 5.97 Å². The molecule has 2 aromatic heterocycles. The molecule has 0 aromatic carbocycles. The fourth-order valence-corrected chi connectivity index (χ4v) is 1.24. The minimum Gasteiger partial charge on any atom is -0.465 e. The van der Waals surface area contributed by atoms with E-state index >= 15 is 0 Å². The lowest BCUT2D eigenvalue weighted by atomic mass is 10.1. The maximum atomic E-state index is 11.2. The number of aromatic amines is 1. The van der Waals surface area contributed by atoms with E-state index in [0.29, 0.717) is 5.56 Å². The minimum absolute atomic E-state index is 0. The van der Waals surface area contributed by atoms with Crippen LogP contribution in [0.5, 0.6) is 0 Å². The standard InChI is InChI=1S/C10H9N3O2.ClH/c1-15-10(14)8-2-7(3-11-4-8)9-5-12-13-6-9;/h2-6H,1H3,(H,12,13);1H. The number of ether oxygens (including phenoxy) is 1. The Hall–Kier alpha value is -1.88. The number of halogens is 1. The molecule has 0 aliphatic rings. The predicted molar refractivity (Wildman–Crippen MR) is 60.4 cm³/mol. The first kappa shape index (κ1) is 12.2. The van der Waals surface area contributed by atoms with Crippen molar-refractivity contribution in [2.24, 2.45) is 0 Å². The van der Waals surface area contributed by atoms with Crippen molar-refractivity contribution in [3.05, 3.63) is 36.4 Å². The van der Waals surface area contributed by atoms with Crippen molar-refractivity contribution in [3.8, 4) is 11.1 Å². The first-order chi connectivity index (χ1) is 7.31. The van der Waals surface area contributed by atoms with E-state index in [1.165, 1.54) is 13.3 Å². The van der Waals surface area contributed by atoms with Crippen LogP contribution >= 0.6 is 12.4 Å². The van der Waals surface area contributed by atoms with Crippen LogP contribution in [-0.4, -0.2) is 28.3 Å². The number of hydrogen-bond donors (Lipinski definition) is 1. The zero-order valence-corrected chi connectivity index (χ0v) is 9.32. The highest BCUT2D eigenvalue weighted by Crippen LogP contribution is 2.17. The number of hydrogen-bond acceptors (Lipinski definition) is 4. The Bertz CT molecular complexity index is 471. The molecule has 2 heterocycles. The van der Waals surface area contributed by atoms with Crippen LogP contribution in [0.2, 0.25) is 0 Å². The summed E-state index contributed by atoms with van der Waals surface area (Å²) in [6.07, 6.45) is 6.53. The Morgan fingerprint density at radius 1 is 1.31 bits per heavy atom. The lowest BCUT2D eigenvalue weighted by Crippen LogP contribution is -2.01. The topological polar surface area (TPSA) is 67.9 Å². The summed E-state index contributed by atoms with van der Waals surface area (Å²) in [5.41, 5.74) is 2.14. The lowest BCUT2D eigenvalue weighted by Gasteiger charge is -2.00. The van der Waals surface area contributed by atoms with Crippen LogP contribution in [0, 0.1) is 0 Å². The van der Waals surface area contributed by atoms with Gasteiger partial charge in [0.25, 0.3) is 0 Å². The highest BCUT2D eigenvalue weighted by atomic mass is 35.5. The Morgan fingerprint density at radius 3 is 2.75 bits per heavy atom. The second kappa shape index (κ2) is 5.27. The third kappa shape index (κ3) is 2.38. The lowest BCUT2D eigenvalue weighted by molar-refractivity contribution is 0.0600. The van der Waals surface area contributed by atoms with Gasteiger partial charge < -0.3 is 4.74 Å². The normalized spacial score (nSPS) is 9.31. The van der Waals surface area contributed by atoms with Crippen LogP contribution in [0.4, 0.5) is 0 Å². The zero-order chi connectivity index (χ0) is 10.7. The number of H-pyrrole nitrogens is 1. The fourth-order valence-electron chi connectivity index (χ4n) is 1.24. The van der Waals surface area contributed by atoms with Gasteiger partial charge in [-0.1, -0.05) is 0 Å². The third-order valence-corrected chi connectivity index (χ3v) is 1.99. The largest absolute Gasteiger partial charge is 0.465 e. The molecular weight excluding hydrogens is 230 g/mol. The van der Waals surface area contributed by atoms with Crippen molar-refractivity contribution >= 4 is 18.4 Å². The first-order valence-corrected chi connectivity index (χ1v) is 4.34. The second-order valence-electron chi connectivity index (χ2n) is 2.94. The maximum Gasteiger partial charge on any atom is 0.339 e. The molecule has 0 atom stereocenters. The number of carbonyl (C=O) groups is 1. The van der Waals surface area contributed by atoms with Crippen molar-refractivity contribution in [1.82, 2.24) is 15.2 Å². The quantitative estimate of drug-likeness (QED) is 0.810. The summed E-state index contributed by atoms with van der Waals surface area (Å²) in [7, 11) is 1.34. The number of methoxy groups -OCH3 is 1. The zero-order valence-electron chi connectivity index (χ0n) is 8.51. The highest BCUT2D eigenvalue weighted by molar-refractivity contribution is 5.90. The van der Waals surface area contributed by atoms with Gasteiger partial charge in [0, 0.05) is 29.7 Å². The van der Waals surface area contributed by atoms with Crippen molar-refractivity contribution in [2.75, 3.05) is 7.11 Å². The summed E-state index contributed by atoms with van der Waals surface area (Å²) < 4.78 is 4.61. The molecule has 84 valence electrons. The molecule has 0 bridgehead atoms. The van der Waals surface area contributed by atoms with Gasteiger partial charge in [-0.15, -0.1) is 12.4 Å². The maximum absolute atomic E-state index is 11.2. The Morgan fingerprint density at radius 2 is 2.12 bits per heavy atom. The van der Waals surface area contributed by atoms with Gasteiger partial charge in [-0.25, -0.2) is 4.79 Å². The van der Waals surface area contributed by atoms with Crippen molar-refractivity contribution in [2.45, 2.75) is 0 Å². The first-order valence-electron chi connectivity index (χ1n) is 4.34. The van der Waals surface area contributed by atoms with Gasteiger partial charge in [-0.3, -0.25) is 10.1 Å². The van der Waals surface area contributed by atoms with E-state index in [4.69, 9.17) is 0 Å². The fraction of sp³-hybridized carbons (Fsp3) is 0.100. The van der Waals surface area contributed by atoms with Crippen LogP contribution in [-0.2, 0) is 4.74 Å². The summed E-state index contributed by atoms with van der Waals surface area (Å²) in [6.45, 7) is 0. The van der Waals surface area contributed by atoms with Gasteiger partial charge in [-0.2, -0.15) is 5.10 Å². The molecule has 2 aromatic rings. The monoisotopic (exact) mass is 239 g/mol. The van der Waals surface area contributed by atoms with Gasteiger partial charge in [0.05, 0.1) is 18.9 Å². The van der Waals surface area contributed by atoms with Gasteiger partial charge in [0.15, 0.2) is 0 Å². The van der Waals surface area contributed by atoms with Crippen LogP contribution in [0.1, 0.15) is 10.4 Å². The van der Waals surface area contributed by atoms with E-state index in [0.717, 1.165) is 11.1 Å². The van der Waals surface area contributed by atoms with Crippen molar-refractivity contribution in [3.63, 3.8) is 0 Å². The van der Waals surface area contributed by atoms with Gasteiger partial charge in [0.1, 0.15) is 0 Å². The Labute approximate surface area is 98.3 Å². The van der Waals surface area contributed by atoms with E-state index in [2.05, 4.69) is 19.9 Å². The second-order valence-corrected chi connectivity index (χ2v) is 2.94. The van der Waals surface area contributed by atoms with E-state index in [9.17, 15) is 4.79 Å². The molecule has 6 heteroatoms. The third-order valence-electron chi connectivity index (χ3n) is 1.99. The van der Waals surface area contributed by atoms with Gasteiger partial charge in [-0.05, 0) is 6.07 Å². The SMILES string of the molecule is COC(=O)c1cncc(-c2cn[nH]c2)c1.Cl. The summed E-state index contributed by atoms with van der Waals surface area (Å²) >= 11 is 0. The van der Waals surface area contributed by atoms with E-state index in [1.807, 2.05) is 0 Å². The molecule has 0 fully saturated rings. The molecular formula is C10H10ClN3O2. The predicted octanol–water partition coefficient (Wildman–Crippen LogP) is 1.68. The molecule has 0 amide bonds. The van der Waals surface area contributed by atoms with Crippen LogP contribution < -0.4 is 0 Å². The number of nitrogens with one attached hydrogen (secondary N) is 1. The Kier molecular flexibility index (Phi) is 4.02. The van der Waals surface area contributed by atoms with Crippen LogP contribution in [0.15, 0.2) is 30.9 Å². The van der Waals surface area contributed by atoms with E-state index in [1.54, 1.807) is 24.7 Å². The smallest absolute Gasteiger partial charge is 0.339 e. The molecule has 5 nitrogen and oxygen atoms in total. The average molecular weight is 240 g/mol. The van der Waals surface area contributed by atoms with Crippen LogP contribution in [0.3, 0.4) is 0 Å². The number of esters is 1. The molecule has 2 rings (SSSR count). The minimum atomic E-state index is -0.396. The molecule has 0 spiro atoms. The molecule has 0 saturated carbocycles. The number of carbonyl (C=O) groups excluding carboxylic acids is 1. The average Bonchev–Trinajstić information content (AvgIpc) is 2.82. The van der Waals surface area contributed by atoms with E-state index in [-0.39, 0.29) is 12.4 Å². The number of nitrogens with zero attached hydrogens (tertiary/aromatic N) is 2. The summed E-state index contributed by atoms with van der Waals surface area (Å²) in [4.78, 5) is 15.2. The van der Waals surface area contributed by atoms with Crippen molar-refractivity contribution < 1.29 is 9.53 Å². The molecule has 0 unspecified atom stereocenters. The number of pyridine rings is 1. The Balaban J connectivity index is 0.00000128. The molecule has 0 saturated heterocycles. The summed E-state index contributed by atoms with van der Waals surface area (Å²) in [6, 6.07) is 1.71. The summed E-state index contributed by atoms with van der Waals surface area (Å²) in [5.74, 6) is -0.396. The van der Waals surface area contributed by atoms with E-state index < -0.39 is 5.97 Å². The van der Waals surface area contributed by atoms with Crippen molar-refractivity contribution in [1.29, 1.82) is 0 Å². The molecule has 16 heavy (non-hydrogen) atoms. The van der Waals surface area contributed by atoms with Crippen LogP contribution in [0.25, 0.3) is 11.1 Å². The molecule has 1 N–H and O–H groups in total. The number of aromatic nitrogens is 3. The van der Waals surface area contributed by atoms with Gasteiger partial charge in [0.2, 0.25) is 0 Å². The summed E-state index contributed by atoms with van der Waals surface area (Å²) in [5, 5.41) is 6.52. The molecule has 0 aliphatic carbocycles. The molecule has 0 radical (unpaired) electrons.